The van der Waals surface area contributed by atoms with Crippen molar-refractivity contribution in [2.75, 3.05) is 0 Å². The summed E-state index contributed by atoms with van der Waals surface area (Å²) in [4.78, 5) is 12.2. The van der Waals surface area contributed by atoms with Crippen molar-refractivity contribution in [1.82, 2.24) is 0 Å². The summed E-state index contributed by atoms with van der Waals surface area (Å²) >= 11 is 0. The van der Waals surface area contributed by atoms with Gasteiger partial charge in [-0.25, -0.2) is 0 Å². The minimum Gasteiger partial charge on any atom is -0.303 e. The molecule has 0 heterocycles. The van der Waals surface area contributed by atoms with E-state index in [0.29, 0.717) is 22.7 Å². The summed E-state index contributed by atoms with van der Waals surface area (Å²) in [5.74, 6) is 4.38. The number of aldehydes is 1. The average molecular weight is 457 g/mol. The summed E-state index contributed by atoms with van der Waals surface area (Å²) in [6.07, 6.45) is 14.4. The standard InChI is InChI=1S/C32H56O/c1-11-13-23(22(3)4)28-24-14-15-27-31(9,25(24)16-19-29(28,5)6)20-17-26(30(7,8)21-33)32(27,10)18-12-2/h21,23-28H,3,11-20H2,1-2,4-10H3. The van der Waals surface area contributed by atoms with Crippen molar-refractivity contribution in [3.05, 3.63) is 12.2 Å². The Balaban J connectivity index is 2.03. The van der Waals surface area contributed by atoms with Crippen LogP contribution >= 0.6 is 0 Å². The smallest absolute Gasteiger partial charge is 0.125 e. The van der Waals surface area contributed by atoms with Gasteiger partial charge in [-0.2, -0.15) is 0 Å². The average Bonchev–Trinajstić information content (AvgIpc) is 2.71. The van der Waals surface area contributed by atoms with E-state index in [1.54, 1.807) is 0 Å². The van der Waals surface area contributed by atoms with Crippen molar-refractivity contribution in [2.45, 2.75) is 127 Å². The predicted octanol–water partition coefficient (Wildman–Crippen LogP) is 9.51. The predicted molar refractivity (Wildman–Crippen MR) is 143 cm³/mol. The maximum atomic E-state index is 12.2. The molecule has 3 rings (SSSR count). The molecule has 3 saturated carbocycles. The van der Waals surface area contributed by atoms with E-state index in [1.807, 2.05) is 0 Å². The molecular formula is C32H56O. The van der Waals surface area contributed by atoms with Crippen LogP contribution in [0.4, 0.5) is 0 Å². The van der Waals surface area contributed by atoms with E-state index in [1.165, 1.54) is 76.1 Å². The normalized spacial score (nSPS) is 41.5. The molecule has 0 bridgehead atoms. The summed E-state index contributed by atoms with van der Waals surface area (Å²) in [7, 11) is 0. The summed E-state index contributed by atoms with van der Waals surface area (Å²) in [6.45, 7) is 26.4. The molecule has 3 aliphatic rings. The highest BCUT2D eigenvalue weighted by atomic mass is 16.1. The lowest BCUT2D eigenvalue weighted by Crippen LogP contribution is -2.61. The second-order valence-electron chi connectivity index (χ2n) is 14.5. The van der Waals surface area contributed by atoms with Crippen molar-refractivity contribution in [1.29, 1.82) is 0 Å². The van der Waals surface area contributed by atoms with Crippen LogP contribution < -0.4 is 0 Å². The quantitative estimate of drug-likeness (QED) is 0.262. The molecule has 0 radical (unpaired) electrons. The van der Waals surface area contributed by atoms with E-state index >= 15 is 0 Å². The summed E-state index contributed by atoms with van der Waals surface area (Å²) < 4.78 is 0. The van der Waals surface area contributed by atoms with Crippen molar-refractivity contribution >= 4 is 6.29 Å². The molecule has 3 fully saturated rings. The SMILES string of the molecule is C=C(C)C(CCC)C1C2CCC3C(C)(CCC(C(C)(C)C=O)C3(C)CCC)C2CCC1(C)C. The fourth-order valence-corrected chi connectivity index (χ4v) is 10.4. The molecule has 3 aliphatic carbocycles. The Hall–Kier alpha value is -0.590. The molecule has 8 unspecified atom stereocenters. The zero-order chi connectivity index (χ0) is 24.8. The molecule has 33 heavy (non-hydrogen) atoms. The second kappa shape index (κ2) is 9.46. The van der Waals surface area contributed by atoms with Crippen molar-refractivity contribution in [3.63, 3.8) is 0 Å². The van der Waals surface area contributed by atoms with Crippen LogP contribution in [0.2, 0.25) is 0 Å². The zero-order valence-corrected chi connectivity index (χ0v) is 23.7. The van der Waals surface area contributed by atoms with Gasteiger partial charge in [-0.3, -0.25) is 0 Å². The Morgan fingerprint density at radius 3 is 2.24 bits per heavy atom. The van der Waals surface area contributed by atoms with Crippen LogP contribution in [0.1, 0.15) is 127 Å². The highest BCUT2D eigenvalue weighted by Crippen LogP contribution is 2.70. The summed E-state index contributed by atoms with van der Waals surface area (Å²) in [5.41, 5.74) is 2.31. The van der Waals surface area contributed by atoms with Gasteiger partial charge in [-0.15, -0.1) is 0 Å². The van der Waals surface area contributed by atoms with E-state index in [9.17, 15) is 4.79 Å². The first-order valence-electron chi connectivity index (χ1n) is 14.4. The topological polar surface area (TPSA) is 17.1 Å². The number of fused-ring (bicyclic) bond motifs is 3. The monoisotopic (exact) mass is 456 g/mol. The van der Waals surface area contributed by atoms with Crippen LogP contribution in [-0.4, -0.2) is 6.29 Å². The number of carbonyl (C=O) groups is 1. The Labute approximate surface area is 207 Å². The Kier molecular flexibility index (Phi) is 7.74. The van der Waals surface area contributed by atoms with Crippen LogP contribution in [-0.2, 0) is 4.79 Å². The van der Waals surface area contributed by atoms with E-state index < -0.39 is 0 Å². The summed E-state index contributed by atoms with van der Waals surface area (Å²) in [6, 6.07) is 0. The van der Waals surface area contributed by atoms with Crippen LogP contribution in [0.15, 0.2) is 12.2 Å². The second-order valence-corrected chi connectivity index (χ2v) is 14.5. The maximum Gasteiger partial charge on any atom is 0.125 e. The Morgan fingerprint density at radius 1 is 1.03 bits per heavy atom. The lowest BCUT2D eigenvalue weighted by atomic mass is 9.37. The first kappa shape index (κ1) is 27.0. The first-order chi connectivity index (χ1) is 15.3. The van der Waals surface area contributed by atoms with E-state index in [-0.39, 0.29) is 10.8 Å². The zero-order valence-electron chi connectivity index (χ0n) is 23.7. The number of rotatable bonds is 8. The van der Waals surface area contributed by atoms with Gasteiger partial charge in [0.1, 0.15) is 6.29 Å². The van der Waals surface area contributed by atoms with Gasteiger partial charge in [-0.1, -0.05) is 80.4 Å². The van der Waals surface area contributed by atoms with Crippen LogP contribution in [0, 0.1) is 57.2 Å². The highest BCUT2D eigenvalue weighted by molar-refractivity contribution is 5.59. The van der Waals surface area contributed by atoms with Crippen molar-refractivity contribution in [3.8, 4) is 0 Å². The molecule has 0 N–H and O–H groups in total. The van der Waals surface area contributed by atoms with Crippen molar-refractivity contribution in [2.24, 2.45) is 57.2 Å². The molecule has 0 aromatic carbocycles. The molecule has 190 valence electrons. The Morgan fingerprint density at radius 2 is 1.70 bits per heavy atom. The molecule has 0 aromatic heterocycles. The largest absolute Gasteiger partial charge is 0.303 e. The third kappa shape index (κ3) is 4.42. The lowest BCUT2D eigenvalue weighted by Gasteiger charge is -2.68. The molecule has 1 nitrogen and oxygen atoms in total. The summed E-state index contributed by atoms with van der Waals surface area (Å²) in [5, 5.41) is 0. The Bertz CT molecular complexity index is 716. The fourth-order valence-electron chi connectivity index (χ4n) is 10.4. The van der Waals surface area contributed by atoms with Gasteiger partial charge in [0.2, 0.25) is 0 Å². The van der Waals surface area contributed by atoms with Gasteiger partial charge >= 0.3 is 0 Å². The van der Waals surface area contributed by atoms with Gasteiger partial charge in [0.05, 0.1) is 0 Å². The molecule has 0 amide bonds. The minimum absolute atomic E-state index is 0.217. The van der Waals surface area contributed by atoms with Gasteiger partial charge in [0.15, 0.2) is 0 Å². The molecule has 0 saturated heterocycles. The van der Waals surface area contributed by atoms with Gasteiger partial charge in [0.25, 0.3) is 0 Å². The van der Waals surface area contributed by atoms with Crippen LogP contribution in [0.25, 0.3) is 0 Å². The minimum atomic E-state index is -0.217. The van der Waals surface area contributed by atoms with Gasteiger partial charge in [-0.05, 0) is 110 Å². The van der Waals surface area contributed by atoms with Gasteiger partial charge in [0, 0.05) is 5.41 Å². The molecule has 8 atom stereocenters. The number of carbonyl (C=O) groups excluding carboxylic acids is 1. The first-order valence-corrected chi connectivity index (χ1v) is 14.4. The molecule has 0 aliphatic heterocycles. The molecular weight excluding hydrogens is 400 g/mol. The number of hydrogen-bond acceptors (Lipinski definition) is 1. The lowest BCUT2D eigenvalue weighted by molar-refractivity contribution is -0.188. The fraction of sp³-hybridized carbons (Fsp3) is 0.906. The van der Waals surface area contributed by atoms with Crippen LogP contribution in [0.3, 0.4) is 0 Å². The maximum absolute atomic E-state index is 12.2. The molecule has 0 spiro atoms. The third-order valence-electron chi connectivity index (χ3n) is 11.6. The van der Waals surface area contributed by atoms with E-state index in [4.69, 9.17) is 0 Å². The third-order valence-corrected chi connectivity index (χ3v) is 11.6. The van der Waals surface area contributed by atoms with E-state index in [0.717, 1.165) is 23.7 Å². The highest BCUT2D eigenvalue weighted by Gasteiger charge is 2.63. The van der Waals surface area contributed by atoms with Crippen molar-refractivity contribution < 1.29 is 4.79 Å². The number of allylic oxidation sites excluding steroid dienone is 1. The molecule has 0 aromatic rings. The molecule has 1 heteroatoms. The number of hydrogen-bond donors (Lipinski definition) is 0. The van der Waals surface area contributed by atoms with E-state index in [2.05, 4.69) is 68.9 Å². The van der Waals surface area contributed by atoms with Gasteiger partial charge < -0.3 is 4.79 Å². The van der Waals surface area contributed by atoms with Crippen LogP contribution in [0.5, 0.6) is 0 Å².